The van der Waals surface area contributed by atoms with Gasteiger partial charge < -0.3 is 5.21 Å². The van der Waals surface area contributed by atoms with Crippen LogP contribution >= 0.6 is 11.8 Å². The molecule has 1 rings (SSSR count). The van der Waals surface area contributed by atoms with Gasteiger partial charge in [0.15, 0.2) is 0 Å². The Hall–Kier alpha value is -0.960. The minimum Gasteiger partial charge on any atom is -0.411 e. The van der Waals surface area contributed by atoms with E-state index in [2.05, 4.69) is 17.3 Å². The van der Waals surface area contributed by atoms with Gasteiger partial charge in [0.25, 0.3) is 0 Å². The maximum absolute atomic E-state index is 8.46. The zero-order chi connectivity index (χ0) is 10.4. The van der Waals surface area contributed by atoms with Gasteiger partial charge in [0.05, 0.1) is 6.21 Å². The van der Waals surface area contributed by atoms with Crippen LogP contribution in [0.3, 0.4) is 0 Å². The van der Waals surface area contributed by atoms with Gasteiger partial charge in [-0.25, -0.2) is 0 Å². The lowest BCUT2D eigenvalue weighted by Crippen LogP contribution is -2.16. The average molecular weight is 209 g/mol. The smallest absolute Gasteiger partial charge is 0.0591 e. The van der Waals surface area contributed by atoms with Crippen molar-refractivity contribution < 1.29 is 5.21 Å². The Morgan fingerprint density at radius 3 is 2.57 bits per heavy atom. The molecule has 0 radical (unpaired) electrons. The van der Waals surface area contributed by atoms with E-state index in [1.165, 1.54) is 5.56 Å². The van der Waals surface area contributed by atoms with Gasteiger partial charge in [0.1, 0.15) is 0 Å². The fourth-order valence-electron chi connectivity index (χ4n) is 1.02. The van der Waals surface area contributed by atoms with Gasteiger partial charge in [0.2, 0.25) is 0 Å². The van der Waals surface area contributed by atoms with E-state index in [-0.39, 0.29) is 4.75 Å². The molecule has 0 aliphatic carbocycles. The Morgan fingerprint density at radius 1 is 1.36 bits per heavy atom. The molecule has 3 heteroatoms. The molecule has 0 bridgehead atoms. The van der Waals surface area contributed by atoms with Crippen molar-refractivity contribution in [1.29, 1.82) is 0 Å². The number of nitrogens with zero attached hydrogens (tertiary/aromatic N) is 1. The van der Waals surface area contributed by atoms with Gasteiger partial charge in [0, 0.05) is 10.5 Å². The molecule has 1 N–H and O–H groups in total. The third-order valence-electron chi connectivity index (χ3n) is 1.82. The van der Waals surface area contributed by atoms with Gasteiger partial charge in [-0.2, -0.15) is 0 Å². The fourth-order valence-corrected chi connectivity index (χ4v) is 1.87. The first kappa shape index (κ1) is 11.1. The lowest BCUT2D eigenvalue weighted by molar-refractivity contribution is 0.319. The Balaban J connectivity index is 2.49. The van der Waals surface area contributed by atoms with E-state index < -0.39 is 0 Å². The van der Waals surface area contributed by atoms with Crippen molar-refractivity contribution in [3.63, 3.8) is 0 Å². The van der Waals surface area contributed by atoms with E-state index in [9.17, 15) is 0 Å². The number of hydrogen-bond donors (Lipinski definition) is 1. The predicted molar refractivity (Wildman–Crippen MR) is 62.1 cm³/mol. The summed E-state index contributed by atoms with van der Waals surface area (Å²) in [6, 6.07) is 10.3. The Kier molecular flexibility index (Phi) is 4.01. The van der Waals surface area contributed by atoms with Crippen molar-refractivity contribution in [1.82, 2.24) is 0 Å². The second kappa shape index (κ2) is 5.05. The van der Waals surface area contributed by atoms with E-state index in [0.717, 1.165) is 5.75 Å². The SMILES string of the molecule is CC(C)(/C=N/O)SCc1ccccc1. The van der Waals surface area contributed by atoms with E-state index >= 15 is 0 Å². The minimum atomic E-state index is -0.120. The monoisotopic (exact) mass is 209 g/mol. The highest BCUT2D eigenvalue weighted by molar-refractivity contribution is 8.00. The van der Waals surface area contributed by atoms with Crippen molar-refractivity contribution in [2.45, 2.75) is 24.3 Å². The first-order valence-corrected chi connectivity index (χ1v) is 5.49. The van der Waals surface area contributed by atoms with E-state index in [1.54, 1.807) is 18.0 Å². The molecule has 0 spiro atoms. The third kappa shape index (κ3) is 3.83. The molecule has 0 saturated carbocycles. The molecule has 0 amide bonds. The van der Waals surface area contributed by atoms with Gasteiger partial charge in [-0.1, -0.05) is 30.3 Å². The molecule has 0 unspecified atom stereocenters. The van der Waals surface area contributed by atoms with Crippen molar-refractivity contribution in [3.05, 3.63) is 35.9 Å². The molecule has 1 aromatic rings. The van der Waals surface area contributed by atoms with Crippen LogP contribution in [0.1, 0.15) is 19.4 Å². The number of benzene rings is 1. The number of rotatable bonds is 4. The Bertz CT molecular complexity index is 295. The van der Waals surface area contributed by atoms with E-state index in [1.807, 2.05) is 32.0 Å². The second-order valence-corrected chi connectivity index (χ2v) is 5.25. The molecule has 76 valence electrons. The largest absolute Gasteiger partial charge is 0.411 e. The van der Waals surface area contributed by atoms with Crippen molar-refractivity contribution in [3.8, 4) is 0 Å². The van der Waals surface area contributed by atoms with Crippen LogP contribution in [0.15, 0.2) is 35.5 Å². The quantitative estimate of drug-likeness (QED) is 0.469. The maximum Gasteiger partial charge on any atom is 0.0591 e. The molecular weight excluding hydrogens is 194 g/mol. The van der Waals surface area contributed by atoms with Crippen LogP contribution in [0.5, 0.6) is 0 Å². The number of thioether (sulfide) groups is 1. The fraction of sp³-hybridized carbons (Fsp3) is 0.364. The molecule has 0 aliphatic rings. The van der Waals surface area contributed by atoms with Crippen LogP contribution in [0.2, 0.25) is 0 Å². The third-order valence-corrected chi connectivity index (χ3v) is 3.15. The number of oxime groups is 1. The van der Waals surface area contributed by atoms with Crippen LogP contribution in [0, 0.1) is 0 Å². The standard InChI is InChI=1S/C11H15NOS/c1-11(2,9-12-13)14-8-10-6-4-3-5-7-10/h3-7,9,13H,8H2,1-2H3/b12-9+. The minimum absolute atomic E-state index is 0.120. The summed E-state index contributed by atoms with van der Waals surface area (Å²) in [6.07, 6.45) is 1.56. The normalized spacial score (nSPS) is 12.1. The topological polar surface area (TPSA) is 32.6 Å². The lowest BCUT2D eigenvalue weighted by atomic mass is 10.2. The van der Waals surface area contributed by atoms with Crippen molar-refractivity contribution in [2.24, 2.45) is 5.16 Å². The summed E-state index contributed by atoms with van der Waals surface area (Å²) in [7, 11) is 0. The van der Waals surface area contributed by atoms with Crippen LogP contribution in [-0.2, 0) is 5.75 Å². The van der Waals surface area contributed by atoms with Gasteiger partial charge in [-0.05, 0) is 19.4 Å². The highest BCUT2D eigenvalue weighted by Gasteiger charge is 2.15. The summed E-state index contributed by atoms with van der Waals surface area (Å²) in [6.45, 7) is 4.06. The molecule has 14 heavy (non-hydrogen) atoms. The van der Waals surface area contributed by atoms with Crippen molar-refractivity contribution >= 4 is 18.0 Å². The predicted octanol–water partition coefficient (Wildman–Crippen LogP) is 3.16. The Morgan fingerprint density at radius 2 is 2.00 bits per heavy atom. The number of hydrogen-bond acceptors (Lipinski definition) is 3. The van der Waals surface area contributed by atoms with Crippen LogP contribution < -0.4 is 0 Å². The molecule has 0 atom stereocenters. The summed E-state index contributed by atoms with van der Waals surface area (Å²) in [4.78, 5) is 0. The molecule has 1 aromatic carbocycles. The first-order valence-electron chi connectivity index (χ1n) is 4.50. The highest BCUT2D eigenvalue weighted by Crippen LogP contribution is 2.26. The summed E-state index contributed by atoms with van der Waals surface area (Å²) < 4.78 is -0.120. The average Bonchev–Trinajstić information content (AvgIpc) is 2.17. The zero-order valence-corrected chi connectivity index (χ0v) is 9.29. The van der Waals surface area contributed by atoms with Gasteiger partial charge >= 0.3 is 0 Å². The molecule has 0 heterocycles. The summed E-state index contributed by atoms with van der Waals surface area (Å²) in [5.41, 5.74) is 1.29. The van der Waals surface area contributed by atoms with E-state index in [4.69, 9.17) is 5.21 Å². The van der Waals surface area contributed by atoms with Crippen LogP contribution in [0.25, 0.3) is 0 Å². The lowest BCUT2D eigenvalue weighted by Gasteiger charge is -2.17. The molecule has 0 saturated heterocycles. The maximum atomic E-state index is 8.46. The summed E-state index contributed by atoms with van der Waals surface area (Å²) in [5, 5.41) is 11.5. The molecule has 0 fully saturated rings. The highest BCUT2D eigenvalue weighted by atomic mass is 32.2. The zero-order valence-electron chi connectivity index (χ0n) is 8.47. The second-order valence-electron chi connectivity index (χ2n) is 3.62. The van der Waals surface area contributed by atoms with Gasteiger partial charge in [-0.15, -0.1) is 16.9 Å². The van der Waals surface area contributed by atoms with Gasteiger partial charge in [-0.3, -0.25) is 0 Å². The molecule has 2 nitrogen and oxygen atoms in total. The van der Waals surface area contributed by atoms with Crippen LogP contribution in [-0.4, -0.2) is 16.2 Å². The Labute approximate surface area is 89.0 Å². The summed E-state index contributed by atoms with van der Waals surface area (Å²) in [5.74, 6) is 0.930. The van der Waals surface area contributed by atoms with Crippen LogP contribution in [0.4, 0.5) is 0 Å². The van der Waals surface area contributed by atoms with Crippen molar-refractivity contribution in [2.75, 3.05) is 0 Å². The molecular formula is C11H15NOS. The summed E-state index contributed by atoms with van der Waals surface area (Å²) >= 11 is 1.75. The van der Waals surface area contributed by atoms with E-state index in [0.29, 0.717) is 0 Å². The first-order chi connectivity index (χ1) is 6.64. The molecule has 0 aromatic heterocycles. The molecule has 0 aliphatic heterocycles.